The van der Waals surface area contributed by atoms with Gasteiger partial charge in [0.25, 0.3) is 0 Å². The molecule has 0 saturated heterocycles. The first kappa shape index (κ1) is 20.6. The van der Waals surface area contributed by atoms with Gasteiger partial charge in [-0.15, -0.1) is 0 Å². The normalized spacial score (nSPS) is 15.8. The zero-order valence-corrected chi connectivity index (χ0v) is 16.4. The molecule has 0 aliphatic heterocycles. The summed E-state index contributed by atoms with van der Waals surface area (Å²) in [6.07, 6.45) is 3.72. The van der Waals surface area contributed by atoms with E-state index >= 15 is 8.78 Å². The summed E-state index contributed by atoms with van der Waals surface area (Å²) in [5, 5.41) is 15.7. The van der Waals surface area contributed by atoms with Crippen molar-refractivity contribution in [1.82, 2.24) is 14.8 Å². The summed E-state index contributed by atoms with van der Waals surface area (Å²) in [6.45, 7) is -0.695. The van der Waals surface area contributed by atoms with E-state index < -0.39 is 46.8 Å². The topological polar surface area (TPSA) is 86.2 Å². The molecule has 158 valence electrons. The third-order valence-corrected chi connectivity index (χ3v) is 5.42. The Labute approximate surface area is 175 Å². The lowest BCUT2D eigenvalue weighted by Crippen LogP contribution is -2.37. The molecule has 1 heterocycles. The van der Waals surface area contributed by atoms with Gasteiger partial charge in [-0.25, -0.2) is 18.4 Å². The number of rotatable bonds is 7. The van der Waals surface area contributed by atoms with Gasteiger partial charge < -0.3 is 15.6 Å². The molecule has 1 fully saturated rings. The molecule has 3 aromatic rings. The summed E-state index contributed by atoms with van der Waals surface area (Å²) in [5.74, 6) is -5.39. The van der Waals surface area contributed by atoms with Crippen LogP contribution in [0.4, 0.5) is 13.2 Å². The monoisotopic (exact) mass is 438 g/mol. The number of hydrogen-bond acceptors (Lipinski definition) is 5. The van der Waals surface area contributed by atoms with Gasteiger partial charge in [0.2, 0.25) is 11.6 Å². The second-order valence-corrected chi connectivity index (χ2v) is 7.61. The summed E-state index contributed by atoms with van der Waals surface area (Å²) >= 11 is 5.80. The molecule has 1 aliphatic carbocycles. The second-order valence-electron chi connectivity index (χ2n) is 7.18. The molecule has 1 aliphatic rings. The summed E-state index contributed by atoms with van der Waals surface area (Å²) < 4.78 is 52.0. The molecule has 4 rings (SSSR count). The van der Waals surface area contributed by atoms with E-state index in [0.29, 0.717) is 17.9 Å². The van der Waals surface area contributed by atoms with Crippen molar-refractivity contribution in [2.75, 3.05) is 0 Å². The number of aromatic nitrogens is 3. The highest BCUT2D eigenvalue weighted by molar-refractivity contribution is 6.30. The maximum Gasteiger partial charge on any atom is 0.204 e. The minimum atomic E-state index is -1.91. The molecule has 30 heavy (non-hydrogen) atoms. The Morgan fingerprint density at radius 2 is 1.87 bits per heavy atom. The van der Waals surface area contributed by atoms with Crippen LogP contribution in [0.25, 0.3) is 0 Å². The van der Waals surface area contributed by atoms with Gasteiger partial charge in [0.15, 0.2) is 11.6 Å². The fraction of sp³-hybridized carbons (Fsp3) is 0.300. The van der Waals surface area contributed by atoms with Crippen LogP contribution in [0.3, 0.4) is 0 Å². The van der Waals surface area contributed by atoms with Crippen molar-refractivity contribution in [1.29, 1.82) is 0 Å². The molecule has 0 amide bonds. The zero-order chi connectivity index (χ0) is 21.5. The Hall–Kier alpha value is -2.62. The Morgan fingerprint density at radius 3 is 2.43 bits per heavy atom. The average Bonchev–Trinajstić information content (AvgIpc) is 3.48. The van der Waals surface area contributed by atoms with Crippen molar-refractivity contribution in [3.05, 3.63) is 70.5 Å². The molecule has 3 N–H and O–H groups in total. The molecule has 1 aromatic heterocycles. The maximum absolute atomic E-state index is 15.3. The van der Waals surface area contributed by atoms with Gasteiger partial charge in [0.05, 0.1) is 6.54 Å². The van der Waals surface area contributed by atoms with Gasteiger partial charge in [-0.05, 0) is 43.0 Å². The van der Waals surface area contributed by atoms with E-state index in [1.54, 1.807) is 0 Å². The van der Waals surface area contributed by atoms with Crippen LogP contribution < -0.4 is 10.5 Å². The number of benzene rings is 2. The lowest BCUT2D eigenvalue weighted by molar-refractivity contribution is -0.0128. The van der Waals surface area contributed by atoms with E-state index in [9.17, 15) is 9.50 Å². The number of hydrogen-bond donors (Lipinski definition) is 2. The minimum Gasteiger partial charge on any atom is -0.451 e. The van der Waals surface area contributed by atoms with Crippen LogP contribution in [0.1, 0.15) is 24.0 Å². The summed E-state index contributed by atoms with van der Waals surface area (Å²) in [5.41, 5.74) is 2.92. The Morgan fingerprint density at radius 1 is 1.17 bits per heavy atom. The maximum atomic E-state index is 15.3. The predicted octanol–water partition coefficient (Wildman–Crippen LogP) is 3.90. The Kier molecular flexibility index (Phi) is 5.44. The van der Waals surface area contributed by atoms with Crippen molar-refractivity contribution in [2.24, 2.45) is 11.7 Å². The van der Waals surface area contributed by atoms with Crippen LogP contribution in [0, 0.1) is 23.4 Å². The van der Waals surface area contributed by atoms with Gasteiger partial charge in [-0.2, -0.15) is 9.49 Å². The number of halogens is 4. The highest BCUT2D eigenvalue weighted by Crippen LogP contribution is 2.50. The first-order chi connectivity index (χ1) is 14.3. The van der Waals surface area contributed by atoms with E-state index in [-0.39, 0.29) is 17.9 Å². The minimum absolute atomic E-state index is 0.0624. The number of nitrogens with zero attached hydrogens (tertiary/aromatic N) is 3. The first-order valence-electron chi connectivity index (χ1n) is 9.23. The van der Waals surface area contributed by atoms with Crippen molar-refractivity contribution < 1.29 is 23.0 Å². The molecule has 1 atom stereocenters. The van der Waals surface area contributed by atoms with E-state index in [1.165, 1.54) is 41.6 Å². The predicted molar refractivity (Wildman–Crippen MR) is 102 cm³/mol. The molecule has 0 bridgehead atoms. The molecule has 10 heteroatoms. The lowest BCUT2D eigenvalue weighted by atomic mass is 9.84. The first-order valence-corrected chi connectivity index (χ1v) is 9.61. The number of aliphatic hydroxyl groups is 1. The fourth-order valence-corrected chi connectivity index (χ4v) is 3.70. The highest BCUT2D eigenvalue weighted by atomic mass is 35.5. The zero-order valence-electron chi connectivity index (χ0n) is 15.7. The van der Waals surface area contributed by atoms with Gasteiger partial charge in [-0.3, -0.25) is 0 Å². The summed E-state index contributed by atoms with van der Waals surface area (Å²) in [7, 11) is 0. The quantitative estimate of drug-likeness (QED) is 0.546. The van der Waals surface area contributed by atoms with Crippen LogP contribution in [-0.4, -0.2) is 19.9 Å². The molecule has 0 spiro atoms. The Bertz CT molecular complexity index is 1060. The van der Waals surface area contributed by atoms with Crippen LogP contribution in [0.5, 0.6) is 11.5 Å². The third-order valence-electron chi connectivity index (χ3n) is 5.17. The SMILES string of the molecule is NCc1c(F)c(Oc2ccc(Cl)cc2)c(F)c(F)c1C(O)(Cn1cncn1)C1CC1. The average molecular weight is 439 g/mol. The van der Waals surface area contributed by atoms with Crippen LogP contribution in [-0.2, 0) is 18.7 Å². The fourth-order valence-electron chi connectivity index (χ4n) is 3.57. The van der Waals surface area contributed by atoms with Crippen molar-refractivity contribution in [2.45, 2.75) is 31.5 Å². The van der Waals surface area contributed by atoms with Gasteiger partial charge in [-0.1, -0.05) is 11.6 Å². The smallest absolute Gasteiger partial charge is 0.204 e. The van der Waals surface area contributed by atoms with E-state index in [2.05, 4.69) is 10.1 Å². The largest absolute Gasteiger partial charge is 0.451 e. The van der Waals surface area contributed by atoms with Gasteiger partial charge >= 0.3 is 0 Å². The van der Waals surface area contributed by atoms with E-state index in [4.69, 9.17) is 22.1 Å². The van der Waals surface area contributed by atoms with E-state index in [0.717, 1.165) is 0 Å². The second kappa shape index (κ2) is 7.90. The van der Waals surface area contributed by atoms with Crippen LogP contribution in [0.15, 0.2) is 36.9 Å². The highest BCUT2D eigenvalue weighted by Gasteiger charge is 2.50. The van der Waals surface area contributed by atoms with E-state index in [1.807, 2.05) is 0 Å². The summed E-state index contributed by atoms with van der Waals surface area (Å²) in [6, 6.07) is 5.71. The van der Waals surface area contributed by atoms with Crippen LogP contribution in [0.2, 0.25) is 5.02 Å². The van der Waals surface area contributed by atoms with Crippen LogP contribution >= 0.6 is 11.6 Å². The Balaban J connectivity index is 1.83. The van der Waals surface area contributed by atoms with Gasteiger partial charge in [0, 0.05) is 22.7 Å². The third kappa shape index (κ3) is 3.64. The summed E-state index contributed by atoms with van der Waals surface area (Å²) in [4.78, 5) is 3.79. The number of ether oxygens (including phenoxy) is 1. The van der Waals surface area contributed by atoms with Gasteiger partial charge in [0.1, 0.15) is 24.0 Å². The molecular formula is C20H18ClF3N4O2. The molecule has 6 nitrogen and oxygen atoms in total. The standard InChI is InChI=1S/C20H18ClF3N4O2/c21-12-3-5-13(6-4-12)30-19-16(22)14(7-25)15(17(23)18(19)24)20(29,11-1-2-11)8-28-10-26-9-27-28/h3-6,9-11,29H,1-2,7-8,25H2. The van der Waals surface area contributed by atoms with Crippen molar-refractivity contribution in [3.8, 4) is 11.5 Å². The molecular weight excluding hydrogens is 421 g/mol. The molecule has 0 radical (unpaired) electrons. The molecule has 1 saturated carbocycles. The molecule has 2 aromatic carbocycles. The van der Waals surface area contributed by atoms with Crippen molar-refractivity contribution in [3.63, 3.8) is 0 Å². The molecule has 1 unspecified atom stereocenters. The number of nitrogens with two attached hydrogens (primary N) is 1. The van der Waals surface area contributed by atoms with Crippen molar-refractivity contribution >= 4 is 11.6 Å². The lowest BCUT2D eigenvalue weighted by Gasteiger charge is -2.31.